The van der Waals surface area contributed by atoms with Gasteiger partial charge in [-0.3, -0.25) is 0 Å². The summed E-state index contributed by atoms with van der Waals surface area (Å²) in [5.74, 6) is 0.576. The third-order valence-electron chi connectivity index (χ3n) is 1.40. The molecule has 0 saturated heterocycles. The van der Waals surface area contributed by atoms with Crippen molar-refractivity contribution in [2.75, 3.05) is 5.88 Å². The number of carbonyl (C=O) groups excluding carboxylic acids is 1. The van der Waals surface area contributed by atoms with Crippen molar-refractivity contribution in [3.63, 3.8) is 0 Å². The summed E-state index contributed by atoms with van der Waals surface area (Å²) >= 11 is 5.47. The number of hydrogen-bond acceptors (Lipinski definition) is 2. The van der Waals surface area contributed by atoms with E-state index in [9.17, 15) is 4.79 Å². The van der Waals surface area contributed by atoms with Crippen LogP contribution in [0.4, 0.5) is 0 Å². The van der Waals surface area contributed by atoms with Crippen molar-refractivity contribution in [2.24, 2.45) is 0 Å². The van der Waals surface area contributed by atoms with Crippen LogP contribution < -0.4 is 0 Å². The molecular formula is C9H12ClNO. The molecule has 0 aromatic carbocycles. The number of rotatable bonds is 6. The molecule has 2 nitrogen and oxygen atoms in total. The zero-order valence-corrected chi connectivity index (χ0v) is 7.68. The first-order valence-corrected chi connectivity index (χ1v) is 4.47. The van der Waals surface area contributed by atoms with Crippen molar-refractivity contribution in [1.82, 2.24) is 0 Å². The molecule has 12 heavy (non-hydrogen) atoms. The van der Waals surface area contributed by atoms with Crippen LogP contribution in [0.25, 0.3) is 0 Å². The zero-order valence-electron chi connectivity index (χ0n) is 6.92. The normalized spacial score (nSPS) is 10.8. The summed E-state index contributed by atoms with van der Waals surface area (Å²) in [7, 11) is 0. The number of alkyl halides is 1. The highest BCUT2D eigenvalue weighted by molar-refractivity contribution is 6.17. The zero-order chi connectivity index (χ0) is 9.23. The van der Waals surface area contributed by atoms with E-state index in [1.54, 1.807) is 6.08 Å². The lowest BCUT2D eigenvalue weighted by Gasteiger charge is -1.94. The van der Waals surface area contributed by atoms with Gasteiger partial charge in [0.25, 0.3) is 0 Å². The van der Waals surface area contributed by atoms with E-state index in [0.29, 0.717) is 18.7 Å². The summed E-state index contributed by atoms with van der Waals surface area (Å²) in [4.78, 5) is 9.96. The highest BCUT2D eigenvalue weighted by atomic mass is 35.5. The third kappa shape index (κ3) is 5.94. The highest BCUT2D eigenvalue weighted by Crippen LogP contribution is 2.06. The predicted octanol–water partition coefficient (Wildman–Crippen LogP) is 2.43. The molecule has 0 fully saturated rings. The minimum atomic E-state index is 0.492. The quantitative estimate of drug-likeness (QED) is 0.276. The summed E-state index contributed by atoms with van der Waals surface area (Å²) in [6.45, 7) is 0. The summed E-state index contributed by atoms with van der Waals surface area (Å²) in [6, 6.07) is 2.08. The Morgan fingerprint density at radius 2 is 2.25 bits per heavy atom. The van der Waals surface area contributed by atoms with Gasteiger partial charge in [0, 0.05) is 17.9 Å². The molecular weight excluding hydrogens is 174 g/mol. The van der Waals surface area contributed by atoms with Crippen molar-refractivity contribution in [3.05, 3.63) is 11.6 Å². The molecule has 3 heteroatoms. The fourth-order valence-electron chi connectivity index (χ4n) is 0.786. The molecule has 66 valence electrons. The Morgan fingerprint density at radius 3 is 2.75 bits per heavy atom. The summed E-state index contributed by atoms with van der Waals surface area (Å²) in [5, 5.41) is 8.60. The van der Waals surface area contributed by atoms with Crippen LogP contribution in [0, 0.1) is 11.3 Å². The summed E-state index contributed by atoms with van der Waals surface area (Å²) in [5.41, 5.74) is 0.734. The Kier molecular flexibility index (Phi) is 7.73. The second-order valence-corrected chi connectivity index (χ2v) is 2.76. The number of allylic oxidation sites excluding steroid dienone is 2. The Balaban J connectivity index is 3.72. The smallest absolute Gasteiger partial charge is 0.120 e. The van der Waals surface area contributed by atoms with Crippen LogP contribution >= 0.6 is 11.6 Å². The molecule has 0 aromatic heterocycles. The molecule has 0 aliphatic carbocycles. The van der Waals surface area contributed by atoms with E-state index in [-0.39, 0.29) is 0 Å². The van der Waals surface area contributed by atoms with E-state index in [2.05, 4.69) is 6.07 Å². The van der Waals surface area contributed by atoms with Crippen LogP contribution in [-0.4, -0.2) is 12.2 Å². The van der Waals surface area contributed by atoms with Gasteiger partial charge in [0.05, 0.1) is 6.07 Å². The van der Waals surface area contributed by atoms with E-state index in [1.807, 2.05) is 0 Å². The molecule has 0 saturated carbocycles. The standard InChI is InChI=1S/C9H12ClNO/c10-6-3-5-9(8-11)4-1-2-7-12/h4,7H,1-3,5-6H2/b9-4-. The lowest BCUT2D eigenvalue weighted by atomic mass is 10.1. The van der Waals surface area contributed by atoms with Gasteiger partial charge in [-0.1, -0.05) is 6.08 Å². The van der Waals surface area contributed by atoms with Crippen LogP contribution in [0.15, 0.2) is 11.6 Å². The summed E-state index contributed by atoms with van der Waals surface area (Å²) < 4.78 is 0. The van der Waals surface area contributed by atoms with E-state index in [4.69, 9.17) is 16.9 Å². The van der Waals surface area contributed by atoms with Gasteiger partial charge in [0.2, 0.25) is 0 Å². The number of aldehydes is 1. The number of carbonyl (C=O) groups is 1. The molecule has 0 aromatic rings. The number of halogens is 1. The van der Waals surface area contributed by atoms with Crippen LogP contribution in [0.3, 0.4) is 0 Å². The Morgan fingerprint density at radius 1 is 1.50 bits per heavy atom. The Bertz CT molecular complexity index is 193. The van der Waals surface area contributed by atoms with Gasteiger partial charge in [-0.15, -0.1) is 11.6 Å². The average Bonchev–Trinajstić information content (AvgIpc) is 2.11. The van der Waals surface area contributed by atoms with Crippen molar-refractivity contribution in [1.29, 1.82) is 5.26 Å². The molecule has 0 aliphatic heterocycles. The molecule has 0 spiro atoms. The van der Waals surface area contributed by atoms with E-state index in [0.717, 1.165) is 24.7 Å². The minimum Gasteiger partial charge on any atom is -0.303 e. The van der Waals surface area contributed by atoms with E-state index < -0.39 is 0 Å². The topological polar surface area (TPSA) is 40.9 Å². The maximum absolute atomic E-state index is 9.96. The SMILES string of the molecule is N#C/C(=C\CCC=O)CCCCl. The van der Waals surface area contributed by atoms with Crippen molar-refractivity contribution < 1.29 is 4.79 Å². The van der Waals surface area contributed by atoms with E-state index in [1.165, 1.54) is 0 Å². The largest absolute Gasteiger partial charge is 0.303 e. The highest BCUT2D eigenvalue weighted by Gasteiger charge is 1.93. The van der Waals surface area contributed by atoms with Gasteiger partial charge in [0.1, 0.15) is 6.29 Å². The maximum Gasteiger partial charge on any atom is 0.120 e. The van der Waals surface area contributed by atoms with Gasteiger partial charge in [-0.25, -0.2) is 0 Å². The van der Waals surface area contributed by atoms with Gasteiger partial charge in [0.15, 0.2) is 0 Å². The molecule has 0 amide bonds. The van der Waals surface area contributed by atoms with Gasteiger partial charge in [-0.2, -0.15) is 5.26 Å². The first-order valence-electron chi connectivity index (χ1n) is 3.94. The second-order valence-electron chi connectivity index (χ2n) is 2.38. The Labute approximate surface area is 77.8 Å². The van der Waals surface area contributed by atoms with Crippen molar-refractivity contribution in [3.8, 4) is 6.07 Å². The predicted molar refractivity (Wildman–Crippen MR) is 48.9 cm³/mol. The van der Waals surface area contributed by atoms with Crippen molar-refractivity contribution in [2.45, 2.75) is 25.7 Å². The van der Waals surface area contributed by atoms with E-state index >= 15 is 0 Å². The van der Waals surface area contributed by atoms with Crippen molar-refractivity contribution >= 4 is 17.9 Å². The molecule has 0 atom stereocenters. The molecule has 0 radical (unpaired) electrons. The molecule has 0 bridgehead atoms. The molecule has 0 rings (SSSR count). The van der Waals surface area contributed by atoms with Crippen LogP contribution in [-0.2, 0) is 4.79 Å². The van der Waals surface area contributed by atoms with Gasteiger partial charge < -0.3 is 4.79 Å². The van der Waals surface area contributed by atoms with Crippen LogP contribution in [0.5, 0.6) is 0 Å². The lowest BCUT2D eigenvalue weighted by molar-refractivity contribution is -0.107. The summed E-state index contributed by atoms with van der Waals surface area (Å²) in [6.07, 6.45) is 5.36. The fraction of sp³-hybridized carbons (Fsp3) is 0.556. The molecule has 0 heterocycles. The van der Waals surface area contributed by atoms with Crippen LogP contribution in [0.2, 0.25) is 0 Å². The molecule has 0 aliphatic rings. The molecule has 0 N–H and O–H groups in total. The molecule has 0 unspecified atom stereocenters. The van der Waals surface area contributed by atoms with Crippen LogP contribution in [0.1, 0.15) is 25.7 Å². The number of nitriles is 1. The lowest BCUT2D eigenvalue weighted by Crippen LogP contribution is -1.82. The monoisotopic (exact) mass is 185 g/mol. The Hall–Kier alpha value is -0.810. The average molecular weight is 186 g/mol. The fourth-order valence-corrected chi connectivity index (χ4v) is 0.920. The third-order valence-corrected chi connectivity index (χ3v) is 1.67. The first-order chi connectivity index (χ1) is 5.85. The minimum absolute atomic E-state index is 0.492. The number of unbranched alkanes of at least 4 members (excludes halogenated alkanes) is 1. The first kappa shape index (κ1) is 11.2. The van der Waals surface area contributed by atoms with Gasteiger partial charge in [-0.05, 0) is 19.3 Å². The number of hydrogen-bond donors (Lipinski definition) is 0. The maximum atomic E-state index is 9.96. The number of nitrogens with zero attached hydrogens (tertiary/aromatic N) is 1. The van der Waals surface area contributed by atoms with Gasteiger partial charge >= 0.3 is 0 Å². The second kappa shape index (κ2) is 8.29.